The van der Waals surface area contributed by atoms with Crippen LogP contribution in [0.2, 0.25) is 0 Å². The molecule has 2 aliphatic rings. The lowest BCUT2D eigenvalue weighted by Crippen LogP contribution is -2.49. The van der Waals surface area contributed by atoms with E-state index >= 15 is 0 Å². The van der Waals surface area contributed by atoms with Crippen molar-refractivity contribution in [3.8, 4) is 11.5 Å². The number of rotatable bonds is 8. The first kappa shape index (κ1) is 24.0. The number of aliphatic hydroxyl groups excluding tert-OH is 1. The first-order chi connectivity index (χ1) is 13.6. The van der Waals surface area contributed by atoms with Gasteiger partial charge in [0.15, 0.2) is 5.96 Å². The van der Waals surface area contributed by atoms with Crippen molar-refractivity contribution in [3.05, 3.63) is 23.8 Å². The van der Waals surface area contributed by atoms with Crippen LogP contribution >= 0.6 is 24.0 Å². The van der Waals surface area contributed by atoms with E-state index in [1.807, 2.05) is 12.1 Å². The number of hydrogen-bond acceptors (Lipinski definition) is 5. The molecule has 1 aliphatic carbocycles. The summed E-state index contributed by atoms with van der Waals surface area (Å²) < 4.78 is 10.6. The number of benzene rings is 1. The van der Waals surface area contributed by atoms with Crippen molar-refractivity contribution in [2.24, 2.45) is 4.99 Å². The van der Waals surface area contributed by atoms with Gasteiger partial charge in [-0.25, -0.2) is 0 Å². The zero-order valence-electron chi connectivity index (χ0n) is 17.7. The molecule has 1 aromatic carbocycles. The van der Waals surface area contributed by atoms with Gasteiger partial charge in [-0.15, -0.1) is 24.0 Å². The van der Waals surface area contributed by atoms with Crippen molar-refractivity contribution < 1.29 is 14.6 Å². The Balaban J connectivity index is 0.00000300. The maximum atomic E-state index is 10.6. The lowest BCUT2D eigenvalue weighted by Gasteiger charge is -2.33. The maximum Gasteiger partial charge on any atom is 0.191 e. The molecule has 1 saturated carbocycles. The predicted octanol–water partition coefficient (Wildman–Crippen LogP) is 2.54. The monoisotopic (exact) mass is 518 g/mol. The molecule has 1 heterocycles. The second-order valence-electron chi connectivity index (χ2n) is 7.57. The maximum absolute atomic E-state index is 10.6. The quantitative estimate of drug-likeness (QED) is 0.279. The fourth-order valence-electron chi connectivity index (χ4n) is 3.67. The van der Waals surface area contributed by atoms with Gasteiger partial charge in [0.2, 0.25) is 0 Å². The summed E-state index contributed by atoms with van der Waals surface area (Å²) in [5.74, 6) is 2.08. The lowest BCUT2D eigenvalue weighted by atomic mass is 10.1. The number of ether oxygens (including phenoxy) is 2. The lowest BCUT2D eigenvalue weighted by molar-refractivity contribution is 0.185. The van der Waals surface area contributed by atoms with Crippen LogP contribution < -0.4 is 20.1 Å². The largest absolute Gasteiger partial charge is 0.497 e. The van der Waals surface area contributed by atoms with Crippen LogP contribution in [0.25, 0.3) is 0 Å². The van der Waals surface area contributed by atoms with Crippen molar-refractivity contribution >= 4 is 29.9 Å². The standard InChI is InChI=1S/C21H34N4O3.HI/c1-4-22-21(24-16-7-9-25(10-8-16)17-5-6-17)23-14-20(26)15-11-18(27-2)13-19(12-15)28-3;/h11-13,16-17,20,26H,4-10,14H2,1-3H3,(H2,22,23,24);1H. The highest BCUT2D eigenvalue weighted by atomic mass is 127. The normalized spacial score (nSPS) is 19.2. The minimum Gasteiger partial charge on any atom is -0.497 e. The summed E-state index contributed by atoms with van der Waals surface area (Å²) in [7, 11) is 3.20. The predicted molar refractivity (Wildman–Crippen MR) is 127 cm³/mol. The van der Waals surface area contributed by atoms with Crippen LogP contribution in [0.3, 0.4) is 0 Å². The van der Waals surface area contributed by atoms with Crippen LogP contribution in [0.5, 0.6) is 11.5 Å². The van der Waals surface area contributed by atoms with E-state index in [-0.39, 0.29) is 30.5 Å². The molecular formula is C21H35IN4O3. The summed E-state index contributed by atoms with van der Waals surface area (Å²) in [4.78, 5) is 7.22. The molecule has 1 unspecified atom stereocenters. The second kappa shape index (κ2) is 11.8. The average molecular weight is 518 g/mol. The highest BCUT2D eigenvalue weighted by Crippen LogP contribution is 2.29. The molecule has 0 bridgehead atoms. The number of hydrogen-bond donors (Lipinski definition) is 3. The van der Waals surface area contributed by atoms with Crippen LogP contribution in [-0.4, -0.2) is 68.4 Å². The fraction of sp³-hybridized carbons (Fsp3) is 0.667. The second-order valence-corrected chi connectivity index (χ2v) is 7.57. The molecular weight excluding hydrogens is 483 g/mol. The van der Waals surface area contributed by atoms with E-state index in [0.29, 0.717) is 17.5 Å². The Morgan fingerprint density at radius 1 is 1.14 bits per heavy atom. The number of piperidine rings is 1. The molecule has 0 amide bonds. The van der Waals surface area contributed by atoms with Gasteiger partial charge in [0.1, 0.15) is 11.5 Å². The molecule has 7 nitrogen and oxygen atoms in total. The third-order valence-corrected chi connectivity index (χ3v) is 5.46. The van der Waals surface area contributed by atoms with Crippen LogP contribution in [0.15, 0.2) is 23.2 Å². The summed E-state index contributed by atoms with van der Waals surface area (Å²) in [6.07, 6.45) is 4.29. The highest BCUT2D eigenvalue weighted by Gasteiger charge is 2.31. The number of nitrogens with one attached hydrogen (secondary N) is 2. The minimum absolute atomic E-state index is 0. The van der Waals surface area contributed by atoms with Gasteiger partial charge in [-0.1, -0.05) is 0 Å². The molecule has 0 spiro atoms. The summed E-state index contributed by atoms with van der Waals surface area (Å²) in [5, 5.41) is 17.4. The summed E-state index contributed by atoms with van der Waals surface area (Å²) in [5.41, 5.74) is 0.730. The van der Waals surface area contributed by atoms with Gasteiger partial charge in [0, 0.05) is 37.8 Å². The fourth-order valence-corrected chi connectivity index (χ4v) is 3.67. The van der Waals surface area contributed by atoms with E-state index in [4.69, 9.17) is 9.47 Å². The van der Waals surface area contributed by atoms with Crippen LogP contribution in [-0.2, 0) is 0 Å². The van der Waals surface area contributed by atoms with E-state index in [1.165, 1.54) is 12.8 Å². The van der Waals surface area contributed by atoms with E-state index in [9.17, 15) is 5.11 Å². The summed E-state index contributed by atoms with van der Waals surface area (Å²) in [6.45, 7) is 5.43. The highest BCUT2D eigenvalue weighted by molar-refractivity contribution is 14.0. The van der Waals surface area contributed by atoms with Crippen molar-refractivity contribution in [1.29, 1.82) is 0 Å². The Labute approximate surface area is 191 Å². The smallest absolute Gasteiger partial charge is 0.191 e. The molecule has 3 rings (SSSR count). The number of likely N-dealkylation sites (tertiary alicyclic amines) is 1. The van der Waals surface area contributed by atoms with Gasteiger partial charge in [0.25, 0.3) is 0 Å². The first-order valence-corrected chi connectivity index (χ1v) is 10.3. The molecule has 2 fully saturated rings. The van der Waals surface area contributed by atoms with Gasteiger partial charge in [0.05, 0.1) is 26.9 Å². The molecule has 1 aromatic rings. The Morgan fingerprint density at radius 2 is 1.76 bits per heavy atom. The molecule has 1 saturated heterocycles. The van der Waals surface area contributed by atoms with Crippen molar-refractivity contribution in [2.75, 3.05) is 40.4 Å². The number of aliphatic hydroxyl groups is 1. The van der Waals surface area contributed by atoms with E-state index in [0.717, 1.165) is 50.0 Å². The number of guanidine groups is 1. The van der Waals surface area contributed by atoms with Gasteiger partial charge < -0.3 is 30.1 Å². The molecule has 29 heavy (non-hydrogen) atoms. The average Bonchev–Trinajstić information content (AvgIpc) is 3.57. The third-order valence-electron chi connectivity index (χ3n) is 5.46. The van der Waals surface area contributed by atoms with E-state index in [1.54, 1.807) is 20.3 Å². The first-order valence-electron chi connectivity index (χ1n) is 10.3. The molecule has 0 aromatic heterocycles. The topological polar surface area (TPSA) is 78.4 Å². The van der Waals surface area contributed by atoms with Gasteiger partial charge in [-0.2, -0.15) is 0 Å². The Morgan fingerprint density at radius 3 is 2.28 bits per heavy atom. The van der Waals surface area contributed by atoms with Crippen LogP contribution in [0.4, 0.5) is 0 Å². The van der Waals surface area contributed by atoms with Crippen LogP contribution in [0.1, 0.15) is 44.3 Å². The van der Waals surface area contributed by atoms with Crippen molar-refractivity contribution in [3.63, 3.8) is 0 Å². The molecule has 3 N–H and O–H groups in total. The SMILES string of the molecule is CCNC(=NCC(O)c1cc(OC)cc(OC)c1)NC1CCN(C2CC2)CC1.I. The third kappa shape index (κ3) is 7.18. The molecule has 8 heteroatoms. The number of aliphatic imine (C=N–C) groups is 1. The Bertz CT molecular complexity index is 639. The molecule has 0 radical (unpaired) electrons. The zero-order valence-corrected chi connectivity index (χ0v) is 20.0. The van der Waals surface area contributed by atoms with Crippen LogP contribution in [0, 0.1) is 0 Å². The number of halogens is 1. The van der Waals surface area contributed by atoms with Gasteiger partial charge in [-0.3, -0.25) is 4.99 Å². The zero-order chi connectivity index (χ0) is 19.9. The van der Waals surface area contributed by atoms with Crippen molar-refractivity contribution in [2.45, 2.75) is 50.8 Å². The summed E-state index contributed by atoms with van der Waals surface area (Å²) >= 11 is 0. The van der Waals surface area contributed by atoms with E-state index in [2.05, 4.69) is 27.4 Å². The Kier molecular flexibility index (Phi) is 9.78. The summed E-state index contributed by atoms with van der Waals surface area (Å²) in [6, 6.07) is 6.70. The molecule has 1 atom stereocenters. The Hall–Kier alpha value is -1.26. The van der Waals surface area contributed by atoms with Gasteiger partial charge in [-0.05, 0) is 50.3 Å². The molecule has 164 valence electrons. The van der Waals surface area contributed by atoms with Gasteiger partial charge >= 0.3 is 0 Å². The number of methoxy groups -OCH3 is 2. The number of nitrogens with zero attached hydrogens (tertiary/aromatic N) is 2. The molecule has 1 aliphatic heterocycles. The minimum atomic E-state index is -0.726. The van der Waals surface area contributed by atoms with Crippen molar-refractivity contribution in [1.82, 2.24) is 15.5 Å². The van der Waals surface area contributed by atoms with E-state index < -0.39 is 6.10 Å².